The summed E-state index contributed by atoms with van der Waals surface area (Å²) in [6.07, 6.45) is 0. The minimum Gasteiger partial charge on any atom is -0.493 e. The van der Waals surface area contributed by atoms with Gasteiger partial charge in [-0.3, -0.25) is 0 Å². The number of rotatable bonds is 6. The zero-order valence-corrected chi connectivity index (χ0v) is 26.8. The molecule has 0 spiro atoms. The third-order valence-corrected chi connectivity index (χ3v) is 8.96. The van der Waals surface area contributed by atoms with E-state index in [1.807, 2.05) is 24.3 Å². The smallest absolute Gasteiger partial charge is 0.161 e. The average molecular weight is 630 g/mol. The van der Waals surface area contributed by atoms with Gasteiger partial charge in [0.15, 0.2) is 11.5 Å². The fraction of sp³-hybridized carbons (Fsp3) is 0.0714. The number of anilines is 6. The minimum atomic E-state index is -0.291. The number of nitrogens with zero attached hydrogens (tertiary/aromatic N) is 3. The molecule has 0 saturated heterocycles. The summed E-state index contributed by atoms with van der Waals surface area (Å²) in [6.45, 7) is 2.12. The fourth-order valence-corrected chi connectivity index (χ4v) is 6.74. The number of aryl methyl sites for hydroxylation is 1. The predicted octanol–water partition coefficient (Wildman–Crippen LogP) is 11.3. The number of hydrogen-bond acceptors (Lipinski definition) is 5. The van der Waals surface area contributed by atoms with Crippen molar-refractivity contribution in [3.8, 4) is 33.9 Å². The van der Waals surface area contributed by atoms with Crippen molar-refractivity contribution in [3.63, 3.8) is 0 Å². The van der Waals surface area contributed by atoms with E-state index in [0.29, 0.717) is 11.5 Å². The van der Waals surface area contributed by atoms with Crippen LogP contribution in [0.3, 0.4) is 0 Å². The van der Waals surface area contributed by atoms with Crippen LogP contribution in [0.5, 0.6) is 11.5 Å². The molecule has 0 unspecified atom stereocenters. The van der Waals surface area contributed by atoms with Crippen molar-refractivity contribution in [1.82, 2.24) is 4.98 Å². The van der Waals surface area contributed by atoms with Gasteiger partial charge >= 0.3 is 0 Å². The summed E-state index contributed by atoms with van der Waals surface area (Å²) in [5.41, 5.74) is 11.6. The topological polar surface area (TPSA) is 37.8 Å². The summed E-state index contributed by atoms with van der Waals surface area (Å²) in [7, 11) is 3.28. The third kappa shape index (κ3) is 4.81. The lowest BCUT2D eigenvalue weighted by Gasteiger charge is -2.40. The summed E-state index contributed by atoms with van der Waals surface area (Å²) in [4.78, 5) is 9.98. The summed E-state index contributed by atoms with van der Waals surface area (Å²) in [6, 6.07) is 46.3. The highest BCUT2D eigenvalue weighted by Gasteiger charge is 2.31. The molecule has 234 valence electrons. The number of aromatic nitrogens is 1. The van der Waals surface area contributed by atoms with Crippen LogP contribution in [0.25, 0.3) is 33.3 Å². The molecule has 0 radical (unpaired) electrons. The first-order valence-electron chi connectivity index (χ1n) is 15.8. The Hall–Kier alpha value is -6.14. The van der Waals surface area contributed by atoms with E-state index >= 15 is 0 Å². The van der Waals surface area contributed by atoms with Crippen molar-refractivity contribution in [2.75, 3.05) is 24.0 Å². The number of methoxy groups -OCH3 is 2. The molecule has 0 amide bonds. The van der Waals surface area contributed by atoms with Gasteiger partial charge in [0, 0.05) is 16.6 Å². The van der Waals surface area contributed by atoms with Gasteiger partial charge in [-0.25, -0.2) is 9.37 Å². The molecule has 1 aliphatic rings. The van der Waals surface area contributed by atoms with Gasteiger partial charge in [0.05, 0.1) is 53.9 Å². The van der Waals surface area contributed by atoms with Gasteiger partial charge < -0.3 is 19.3 Å². The van der Waals surface area contributed by atoms with Crippen LogP contribution in [0.15, 0.2) is 140 Å². The Bertz CT molecular complexity index is 2260. The van der Waals surface area contributed by atoms with E-state index in [0.717, 1.165) is 73.0 Å². The van der Waals surface area contributed by atoms with E-state index in [2.05, 4.69) is 108 Å². The van der Waals surface area contributed by atoms with E-state index in [4.69, 9.17) is 14.5 Å². The van der Waals surface area contributed by atoms with Crippen molar-refractivity contribution < 1.29 is 13.9 Å². The monoisotopic (exact) mass is 629 g/mol. The molecule has 0 bridgehead atoms. The normalized spacial score (nSPS) is 12.1. The average Bonchev–Trinajstić information content (AvgIpc) is 3.14. The van der Waals surface area contributed by atoms with E-state index < -0.39 is 0 Å². The van der Waals surface area contributed by atoms with Crippen LogP contribution in [0.4, 0.5) is 38.5 Å². The Balaban J connectivity index is 1.44. The lowest BCUT2D eigenvalue weighted by atomic mass is 9.94. The zero-order valence-electron chi connectivity index (χ0n) is 26.8. The van der Waals surface area contributed by atoms with Crippen LogP contribution in [0, 0.1) is 12.7 Å². The van der Waals surface area contributed by atoms with Crippen LogP contribution in [-0.4, -0.2) is 19.2 Å². The van der Waals surface area contributed by atoms with Crippen LogP contribution >= 0.6 is 0 Å². The first-order valence-corrected chi connectivity index (χ1v) is 15.8. The summed E-state index contributed by atoms with van der Waals surface area (Å²) >= 11 is 0. The van der Waals surface area contributed by atoms with Crippen molar-refractivity contribution in [2.45, 2.75) is 6.92 Å². The van der Waals surface area contributed by atoms with E-state index in [9.17, 15) is 4.39 Å². The highest BCUT2D eigenvalue weighted by Crippen LogP contribution is 2.55. The number of halogens is 1. The van der Waals surface area contributed by atoms with E-state index in [-0.39, 0.29) is 5.82 Å². The molecule has 2 heterocycles. The number of hydrogen-bond donors (Lipinski definition) is 0. The maximum atomic E-state index is 14.1. The van der Waals surface area contributed by atoms with Crippen LogP contribution in [0.2, 0.25) is 0 Å². The molecule has 0 saturated carbocycles. The van der Waals surface area contributed by atoms with Gasteiger partial charge in [-0.1, -0.05) is 54.6 Å². The Labute approximate surface area is 279 Å². The molecule has 0 N–H and O–H groups in total. The summed E-state index contributed by atoms with van der Waals surface area (Å²) in [5, 5.41) is 1.02. The van der Waals surface area contributed by atoms with Crippen LogP contribution < -0.4 is 19.3 Å². The fourth-order valence-electron chi connectivity index (χ4n) is 6.74. The highest BCUT2D eigenvalue weighted by atomic mass is 19.1. The molecule has 0 atom stereocenters. The van der Waals surface area contributed by atoms with Crippen molar-refractivity contribution in [3.05, 3.63) is 151 Å². The molecule has 6 aromatic carbocycles. The molecular formula is C42H32FN3O2. The van der Waals surface area contributed by atoms with E-state index in [1.54, 1.807) is 26.4 Å². The molecule has 6 heteroatoms. The van der Waals surface area contributed by atoms with Gasteiger partial charge in [0.1, 0.15) is 5.82 Å². The largest absolute Gasteiger partial charge is 0.493 e. The lowest BCUT2D eigenvalue weighted by Crippen LogP contribution is -2.24. The van der Waals surface area contributed by atoms with Gasteiger partial charge in [0.25, 0.3) is 0 Å². The van der Waals surface area contributed by atoms with Crippen molar-refractivity contribution >= 4 is 45.0 Å². The molecule has 0 fully saturated rings. The minimum absolute atomic E-state index is 0.291. The van der Waals surface area contributed by atoms with Crippen molar-refractivity contribution in [2.24, 2.45) is 0 Å². The molecular weight excluding hydrogens is 597 g/mol. The number of benzene rings is 6. The molecule has 0 aliphatic carbocycles. The maximum Gasteiger partial charge on any atom is 0.161 e. The first-order chi connectivity index (χ1) is 23.6. The quantitative estimate of drug-likeness (QED) is 0.183. The molecule has 7 aromatic rings. The van der Waals surface area contributed by atoms with Gasteiger partial charge in [0.2, 0.25) is 0 Å². The predicted molar refractivity (Wildman–Crippen MR) is 193 cm³/mol. The van der Waals surface area contributed by atoms with Gasteiger partial charge in [-0.2, -0.15) is 0 Å². The Morgan fingerprint density at radius 3 is 1.75 bits per heavy atom. The first kappa shape index (κ1) is 29.3. The molecule has 1 aromatic heterocycles. The SMILES string of the molecule is COc1ccc(-c2cc(-c3ccc(F)cc3)nc3c(N4c5ccccc5N(c5ccccc5)c5ccccc54)ccc(C)c23)cc1OC. The Morgan fingerprint density at radius 1 is 0.542 bits per heavy atom. The standard InChI is InChI=1S/C42H32FN3O2/c1-27-17-23-38(46-36-15-9-7-13-34(36)45(31-11-5-4-6-12-31)35-14-8-10-16-37(35)46)42-41(27)32(29-20-24-39(47-2)40(25-29)48-3)26-33(44-42)28-18-21-30(43)22-19-28/h4-26H,1-3H3. The lowest BCUT2D eigenvalue weighted by molar-refractivity contribution is 0.355. The summed E-state index contributed by atoms with van der Waals surface area (Å²) < 4.78 is 25.4. The van der Waals surface area contributed by atoms with Gasteiger partial charge in [-0.15, -0.1) is 0 Å². The van der Waals surface area contributed by atoms with Crippen LogP contribution in [-0.2, 0) is 0 Å². The second kappa shape index (κ2) is 11.9. The number of ether oxygens (including phenoxy) is 2. The highest BCUT2D eigenvalue weighted by molar-refractivity contribution is 6.10. The maximum absolute atomic E-state index is 14.1. The molecule has 8 rings (SSSR count). The number of fused-ring (bicyclic) bond motifs is 3. The number of pyridine rings is 1. The molecule has 48 heavy (non-hydrogen) atoms. The third-order valence-electron chi connectivity index (χ3n) is 8.96. The number of para-hydroxylation sites is 5. The van der Waals surface area contributed by atoms with E-state index in [1.165, 1.54) is 12.1 Å². The Morgan fingerprint density at radius 2 is 1.12 bits per heavy atom. The molecule has 1 aliphatic heterocycles. The van der Waals surface area contributed by atoms with Gasteiger partial charge in [-0.05, 0) is 109 Å². The second-order valence-electron chi connectivity index (χ2n) is 11.7. The second-order valence-corrected chi connectivity index (χ2v) is 11.7. The Kier molecular flexibility index (Phi) is 7.26. The zero-order chi connectivity index (χ0) is 32.8. The summed E-state index contributed by atoms with van der Waals surface area (Å²) in [5.74, 6) is 0.998. The van der Waals surface area contributed by atoms with Crippen molar-refractivity contribution in [1.29, 1.82) is 0 Å². The molecule has 5 nitrogen and oxygen atoms in total. The van der Waals surface area contributed by atoms with Crippen LogP contribution in [0.1, 0.15) is 5.56 Å².